The SMILES string of the molecule is CCN(Cc1ncc(C(=O)O)c(=O)[nH]1)S(C)(=O)=O. The van der Waals surface area contributed by atoms with Crippen LogP contribution in [-0.2, 0) is 16.6 Å². The van der Waals surface area contributed by atoms with Crippen molar-refractivity contribution in [2.75, 3.05) is 12.8 Å². The largest absolute Gasteiger partial charge is 0.477 e. The van der Waals surface area contributed by atoms with Crippen molar-refractivity contribution in [2.24, 2.45) is 0 Å². The van der Waals surface area contributed by atoms with Crippen LogP contribution in [0, 0.1) is 0 Å². The first-order chi connectivity index (χ1) is 8.25. The van der Waals surface area contributed by atoms with E-state index < -0.39 is 27.1 Å². The van der Waals surface area contributed by atoms with Gasteiger partial charge in [0.1, 0.15) is 11.4 Å². The van der Waals surface area contributed by atoms with Crippen molar-refractivity contribution in [1.29, 1.82) is 0 Å². The molecule has 0 atom stereocenters. The summed E-state index contributed by atoms with van der Waals surface area (Å²) in [5.74, 6) is -1.29. The van der Waals surface area contributed by atoms with E-state index in [9.17, 15) is 18.0 Å². The van der Waals surface area contributed by atoms with Crippen molar-refractivity contribution in [2.45, 2.75) is 13.5 Å². The lowest BCUT2D eigenvalue weighted by atomic mass is 10.3. The Bertz CT molecular complexity index is 607. The van der Waals surface area contributed by atoms with Crippen LogP contribution in [-0.4, -0.2) is 46.6 Å². The molecule has 0 radical (unpaired) electrons. The molecule has 100 valence electrons. The van der Waals surface area contributed by atoms with Gasteiger partial charge in [-0.05, 0) is 0 Å². The molecule has 18 heavy (non-hydrogen) atoms. The van der Waals surface area contributed by atoms with E-state index >= 15 is 0 Å². The van der Waals surface area contributed by atoms with Gasteiger partial charge in [-0.2, -0.15) is 4.31 Å². The molecule has 0 unspecified atom stereocenters. The lowest BCUT2D eigenvalue weighted by Gasteiger charge is -2.16. The van der Waals surface area contributed by atoms with Crippen LogP contribution in [0.4, 0.5) is 0 Å². The molecule has 0 aliphatic heterocycles. The highest BCUT2D eigenvalue weighted by Gasteiger charge is 2.17. The Kier molecular flexibility index (Phi) is 4.19. The maximum atomic E-state index is 11.4. The number of sulfonamides is 1. The fourth-order valence-electron chi connectivity index (χ4n) is 1.30. The molecule has 0 saturated heterocycles. The summed E-state index contributed by atoms with van der Waals surface area (Å²) in [6, 6.07) is 0. The van der Waals surface area contributed by atoms with Gasteiger partial charge in [-0.25, -0.2) is 18.2 Å². The van der Waals surface area contributed by atoms with Crippen molar-refractivity contribution < 1.29 is 18.3 Å². The van der Waals surface area contributed by atoms with Gasteiger partial charge in [-0.1, -0.05) is 6.92 Å². The molecule has 1 heterocycles. The molecular weight excluding hydrogens is 262 g/mol. The number of aromatic amines is 1. The van der Waals surface area contributed by atoms with Crippen LogP contribution in [0.5, 0.6) is 0 Å². The van der Waals surface area contributed by atoms with Gasteiger partial charge in [0.05, 0.1) is 12.8 Å². The van der Waals surface area contributed by atoms with Crippen molar-refractivity contribution >= 4 is 16.0 Å². The number of carboxylic acids is 1. The highest BCUT2D eigenvalue weighted by Crippen LogP contribution is 2.02. The second-order valence-electron chi connectivity index (χ2n) is 3.57. The molecule has 0 aliphatic carbocycles. The van der Waals surface area contributed by atoms with Crippen molar-refractivity contribution in [3.8, 4) is 0 Å². The zero-order valence-electron chi connectivity index (χ0n) is 9.87. The van der Waals surface area contributed by atoms with Crippen LogP contribution in [0.15, 0.2) is 11.0 Å². The zero-order valence-corrected chi connectivity index (χ0v) is 10.7. The van der Waals surface area contributed by atoms with Crippen LogP contribution in [0.2, 0.25) is 0 Å². The number of nitrogens with zero attached hydrogens (tertiary/aromatic N) is 2. The molecule has 0 aliphatic rings. The average molecular weight is 275 g/mol. The molecule has 1 aromatic heterocycles. The van der Waals surface area contributed by atoms with Crippen LogP contribution in [0.1, 0.15) is 23.1 Å². The molecule has 1 aromatic rings. The van der Waals surface area contributed by atoms with E-state index in [4.69, 9.17) is 5.11 Å². The number of aromatic nitrogens is 2. The normalized spacial score (nSPS) is 11.7. The van der Waals surface area contributed by atoms with Crippen molar-refractivity contribution in [1.82, 2.24) is 14.3 Å². The van der Waals surface area contributed by atoms with Crippen LogP contribution in [0.25, 0.3) is 0 Å². The molecule has 0 aromatic carbocycles. The lowest BCUT2D eigenvalue weighted by Crippen LogP contribution is -2.31. The van der Waals surface area contributed by atoms with Gasteiger partial charge in [0.15, 0.2) is 0 Å². The van der Waals surface area contributed by atoms with Gasteiger partial charge < -0.3 is 10.1 Å². The molecule has 0 bridgehead atoms. The minimum atomic E-state index is -3.40. The third kappa shape index (κ3) is 3.37. The lowest BCUT2D eigenvalue weighted by molar-refractivity contribution is 0.0694. The summed E-state index contributed by atoms with van der Waals surface area (Å²) in [6.07, 6.45) is 1.95. The Hall–Kier alpha value is -1.74. The molecule has 1 rings (SSSR count). The summed E-state index contributed by atoms with van der Waals surface area (Å²) in [7, 11) is -3.40. The monoisotopic (exact) mass is 275 g/mol. The molecule has 0 fully saturated rings. The van der Waals surface area contributed by atoms with Gasteiger partial charge in [0, 0.05) is 12.7 Å². The summed E-state index contributed by atoms with van der Waals surface area (Å²) in [6.45, 7) is 1.76. The summed E-state index contributed by atoms with van der Waals surface area (Å²) >= 11 is 0. The van der Waals surface area contributed by atoms with E-state index in [1.807, 2.05) is 0 Å². The summed E-state index contributed by atoms with van der Waals surface area (Å²) in [4.78, 5) is 27.9. The van der Waals surface area contributed by atoms with Crippen LogP contribution >= 0.6 is 0 Å². The zero-order chi connectivity index (χ0) is 13.9. The topological polar surface area (TPSA) is 120 Å². The first kappa shape index (κ1) is 14.3. The third-order valence-corrected chi connectivity index (χ3v) is 3.56. The smallest absolute Gasteiger partial charge is 0.342 e. The predicted octanol–water partition coefficient (Wildman–Crippen LogP) is -0.750. The second kappa shape index (κ2) is 5.27. The number of carbonyl (C=O) groups is 1. The minimum absolute atomic E-state index is 0.0947. The van der Waals surface area contributed by atoms with Crippen molar-refractivity contribution in [3.63, 3.8) is 0 Å². The fraction of sp³-hybridized carbons (Fsp3) is 0.444. The Morgan fingerprint density at radius 1 is 1.56 bits per heavy atom. The Labute approximate surface area is 103 Å². The van der Waals surface area contributed by atoms with Crippen molar-refractivity contribution in [3.05, 3.63) is 27.9 Å². The predicted molar refractivity (Wildman–Crippen MR) is 62.7 cm³/mol. The number of carboxylic acid groups (broad SMARTS) is 1. The molecular formula is C9H13N3O5S. The average Bonchev–Trinajstić information content (AvgIpc) is 2.23. The number of H-pyrrole nitrogens is 1. The van der Waals surface area contributed by atoms with Gasteiger partial charge in [0.25, 0.3) is 5.56 Å². The van der Waals surface area contributed by atoms with E-state index in [0.29, 0.717) is 0 Å². The van der Waals surface area contributed by atoms with E-state index in [1.165, 1.54) is 0 Å². The highest BCUT2D eigenvalue weighted by atomic mass is 32.2. The number of aromatic carboxylic acids is 1. The van der Waals surface area contributed by atoms with E-state index in [-0.39, 0.29) is 18.9 Å². The Balaban J connectivity index is 3.03. The molecule has 0 amide bonds. The van der Waals surface area contributed by atoms with E-state index in [2.05, 4.69) is 9.97 Å². The summed E-state index contributed by atoms with van der Waals surface area (Å²) < 4.78 is 23.8. The first-order valence-electron chi connectivity index (χ1n) is 5.02. The summed E-state index contributed by atoms with van der Waals surface area (Å²) in [5, 5.41) is 8.65. The highest BCUT2D eigenvalue weighted by molar-refractivity contribution is 7.88. The number of rotatable bonds is 5. The second-order valence-corrected chi connectivity index (χ2v) is 5.55. The third-order valence-electron chi connectivity index (χ3n) is 2.23. The molecule has 0 spiro atoms. The quantitative estimate of drug-likeness (QED) is 0.729. The van der Waals surface area contributed by atoms with E-state index in [0.717, 1.165) is 16.8 Å². The van der Waals surface area contributed by atoms with Gasteiger partial charge in [0.2, 0.25) is 10.0 Å². The maximum Gasteiger partial charge on any atom is 0.342 e. The fourth-order valence-corrected chi connectivity index (χ4v) is 2.12. The van der Waals surface area contributed by atoms with Crippen LogP contribution in [0.3, 0.4) is 0 Å². The maximum absolute atomic E-state index is 11.4. The standard InChI is InChI=1S/C9H13N3O5S/c1-3-12(18(2,16)17)5-7-10-4-6(9(14)15)8(13)11-7/h4H,3,5H2,1-2H3,(H,14,15)(H,10,11,13). The van der Waals surface area contributed by atoms with Gasteiger partial charge in [-0.15, -0.1) is 0 Å². The molecule has 2 N–H and O–H groups in total. The Morgan fingerprint density at radius 3 is 2.56 bits per heavy atom. The van der Waals surface area contributed by atoms with Gasteiger partial charge in [-0.3, -0.25) is 4.79 Å². The first-order valence-corrected chi connectivity index (χ1v) is 6.87. The minimum Gasteiger partial charge on any atom is -0.477 e. The molecule has 9 heteroatoms. The number of nitrogens with one attached hydrogen (secondary N) is 1. The molecule has 0 saturated carbocycles. The Morgan fingerprint density at radius 2 is 2.17 bits per heavy atom. The van der Waals surface area contributed by atoms with Gasteiger partial charge >= 0.3 is 5.97 Å². The summed E-state index contributed by atoms with van der Waals surface area (Å²) in [5.41, 5.74) is -1.29. The van der Waals surface area contributed by atoms with E-state index in [1.54, 1.807) is 6.92 Å². The molecule has 8 nitrogen and oxygen atoms in total. The van der Waals surface area contributed by atoms with Crippen LogP contribution < -0.4 is 5.56 Å². The number of hydrogen-bond donors (Lipinski definition) is 2. The number of hydrogen-bond acceptors (Lipinski definition) is 5.